The Kier molecular flexibility index (Phi) is 3.85. The summed E-state index contributed by atoms with van der Waals surface area (Å²) in [5.41, 5.74) is 3.79. The van der Waals surface area contributed by atoms with Crippen LogP contribution in [0.15, 0.2) is 17.0 Å². The van der Waals surface area contributed by atoms with Crippen LogP contribution in [0.2, 0.25) is 0 Å². The van der Waals surface area contributed by atoms with Crippen LogP contribution in [0.4, 0.5) is 0 Å². The first-order valence-corrected chi connectivity index (χ1v) is 5.75. The number of aliphatic hydroxyl groups is 1. The van der Waals surface area contributed by atoms with Gasteiger partial charge in [0.2, 0.25) is 0 Å². The lowest BCUT2D eigenvalue weighted by atomic mass is 9.85. The number of rotatable bonds is 2. The molecule has 0 saturated carbocycles. The molecule has 1 rings (SSSR count). The van der Waals surface area contributed by atoms with Gasteiger partial charge in [-0.25, -0.2) is 0 Å². The van der Waals surface area contributed by atoms with Crippen molar-refractivity contribution in [3.05, 3.63) is 28.8 Å². The molecule has 1 N–H and O–H groups in total. The zero-order valence-corrected chi connectivity index (χ0v) is 10.9. The summed E-state index contributed by atoms with van der Waals surface area (Å²) >= 11 is 4.51. The van der Waals surface area contributed by atoms with E-state index in [4.69, 9.17) is 5.11 Å². The Morgan fingerprint density at radius 1 is 1.27 bits per heavy atom. The molecule has 1 nitrogen and oxygen atoms in total. The quantitative estimate of drug-likeness (QED) is 0.740. The van der Waals surface area contributed by atoms with E-state index in [1.807, 2.05) is 0 Å². The van der Waals surface area contributed by atoms with Gasteiger partial charge in [0.05, 0.1) is 0 Å². The van der Waals surface area contributed by atoms with Crippen LogP contribution in [0.25, 0.3) is 0 Å². The molecule has 84 valence electrons. The van der Waals surface area contributed by atoms with Crippen LogP contribution in [-0.4, -0.2) is 11.7 Å². The molecule has 15 heavy (non-hydrogen) atoms. The first-order chi connectivity index (χ1) is 6.86. The minimum Gasteiger partial charge on any atom is -0.396 e. The topological polar surface area (TPSA) is 20.2 Å². The van der Waals surface area contributed by atoms with Crippen LogP contribution in [0.3, 0.4) is 0 Å². The van der Waals surface area contributed by atoms with E-state index in [2.05, 4.69) is 52.5 Å². The summed E-state index contributed by atoms with van der Waals surface area (Å²) in [6.07, 6.45) is 0.725. The van der Waals surface area contributed by atoms with E-state index < -0.39 is 0 Å². The van der Waals surface area contributed by atoms with Gasteiger partial charge in [0.1, 0.15) is 0 Å². The van der Waals surface area contributed by atoms with Gasteiger partial charge >= 0.3 is 0 Å². The molecule has 0 aromatic heterocycles. The van der Waals surface area contributed by atoms with Crippen molar-refractivity contribution in [2.45, 2.75) is 44.4 Å². The van der Waals surface area contributed by atoms with Crippen LogP contribution in [-0.2, 0) is 11.8 Å². The zero-order chi connectivity index (χ0) is 11.6. The zero-order valence-electron chi connectivity index (χ0n) is 9.96. The molecule has 0 heterocycles. The summed E-state index contributed by atoms with van der Waals surface area (Å²) in [4.78, 5) is 1.04. The van der Waals surface area contributed by atoms with Crippen molar-refractivity contribution in [3.8, 4) is 0 Å². The van der Waals surface area contributed by atoms with E-state index in [0.29, 0.717) is 0 Å². The molecule has 2 heteroatoms. The van der Waals surface area contributed by atoms with Crippen LogP contribution >= 0.6 is 12.6 Å². The first-order valence-electron chi connectivity index (χ1n) is 5.30. The van der Waals surface area contributed by atoms with E-state index >= 15 is 0 Å². The maximum Gasteiger partial charge on any atom is 0.0471 e. The van der Waals surface area contributed by atoms with Gasteiger partial charge in [0.25, 0.3) is 0 Å². The number of aryl methyl sites for hydroxylation is 1. The summed E-state index contributed by atoms with van der Waals surface area (Å²) in [7, 11) is 0. The van der Waals surface area contributed by atoms with E-state index in [1.165, 1.54) is 16.7 Å². The Hall–Kier alpha value is -0.470. The number of hydrogen-bond donors (Lipinski definition) is 2. The van der Waals surface area contributed by atoms with Crippen LogP contribution in [0.5, 0.6) is 0 Å². The van der Waals surface area contributed by atoms with Crippen molar-refractivity contribution < 1.29 is 5.11 Å². The fourth-order valence-corrected chi connectivity index (χ4v) is 2.32. The third kappa shape index (κ3) is 2.99. The minimum absolute atomic E-state index is 0.106. The number of benzene rings is 1. The Morgan fingerprint density at radius 2 is 1.87 bits per heavy atom. The minimum atomic E-state index is 0.106. The van der Waals surface area contributed by atoms with Crippen molar-refractivity contribution in [2.24, 2.45) is 0 Å². The summed E-state index contributed by atoms with van der Waals surface area (Å²) in [6.45, 7) is 8.81. The molecular weight excluding hydrogens is 204 g/mol. The second-order valence-corrected chi connectivity index (χ2v) is 5.50. The average Bonchev–Trinajstić information content (AvgIpc) is 2.07. The molecule has 1 aromatic carbocycles. The van der Waals surface area contributed by atoms with Crippen LogP contribution in [0, 0.1) is 6.92 Å². The van der Waals surface area contributed by atoms with E-state index in [-0.39, 0.29) is 12.0 Å². The Balaban J connectivity index is 3.23. The molecular formula is C13H20OS. The molecule has 1 aromatic rings. The molecule has 0 atom stereocenters. The van der Waals surface area contributed by atoms with E-state index in [0.717, 1.165) is 11.3 Å². The fourth-order valence-electron chi connectivity index (χ4n) is 1.73. The van der Waals surface area contributed by atoms with Crippen molar-refractivity contribution in [3.63, 3.8) is 0 Å². The van der Waals surface area contributed by atoms with Crippen molar-refractivity contribution >= 4 is 12.6 Å². The van der Waals surface area contributed by atoms with Crippen molar-refractivity contribution in [2.75, 3.05) is 6.61 Å². The molecule has 0 radical (unpaired) electrons. The highest BCUT2D eigenvalue weighted by atomic mass is 32.1. The predicted octanol–water partition coefficient (Wildman–Crippen LogP) is 3.12. The second kappa shape index (κ2) is 4.58. The summed E-state index contributed by atoms with van der Waals surface area (Å²) in [5, 5.41) is 8.99. The smallest absolute Gasteiger partial charge is 0.0471 e. The van der Waals surface area contributed by atoms with Crippen LogP contribution in [0.1, 0.15) is 37.5 Å². The normalized spacial score (nSPS) is 11.9. The van der Waals surface area contributed by atoms with Crippen molar-refractivity contribution in [1.29, 1.82) is 0 Å². The number of thiol groups is 1. The van der Waals surface area contributed by atoms with Gasteiger partial charge in [0.15, 0.2) is 0 Å². The van der Waals surface area contributed by atoms with Gasteiger partial charge in [-0.05, 0) is 41.5 Å². The summed E-state index contributed by atoms with van der Waals surface area (Å²) in [5.74, 6) is 0. The Labute approximate surface area is 97.9 Å². The Bertz CT molecular complexity index is 350. The van der Waals surface area contributed by atoms with Gasteiger partial charge in [-0.1, -0.05) is 26.8 Å². The highest BCUT2D eigenvalue weighted by molar-refractivity contribution is 7.80. The summed E-state index contributed by atoms with van der Waals surface area (Å²) in [6, 6.07) is 4.27. The SMILES string of the molecule is Cc1cc(S)c(C(C)(C)C)cc1CCO. The fraction of sp³-hybridized carbons (Fsp3) is 0.538. The second-order valence-electron chi connectivity index (χ2n) is 5.02. The average molecular weight is 224 g/mol. The molecule has 0 spiro atoms. The molecule has 0 aliphatic rings. The largest absolute Gasteiger partial charge is 0.396 e. The highest BCUT2D eigenvalue weighted by Gasteiger charge is 2.17. The highest BCUT2D eigenvalue weighted by Crippen LogP contribution is 2.30. The van der Waals surface area contributed by atoms with Gasteiger partial charge in [-0.15, -0.1) is 12.6 Å². The molecule has 0 fully saturated rings. The lowest BCUT2D eigenvalue weighted by molar-refractivity contribution is 0.299. The molecule has 0 amide bonds. The standard InChI is InChI=1S/C13H20OS/c1-9-7-12(15)11(13(2,3)4)8-10(9)5-6-14/h7-8,14-15H,5-6H2,1-4H3. The molecule has 0 aliphatic carbocycles. The third-order valence-electron chi connectivity index (χ3n) is 2.64. The van der Waals surface area contributed by atoms with Crippen LogP contribution < -0.4 is 0 Å². The predicted molar refractivity (Wildman–Crippen MR) is 67.9 cm³/mol. The lowest BCUT2D eigenvalue weighted by Gasteiger charge is -2.23. The number of aliphatic hydroxyl groups excluding tert-OH is 1. The maximum absolute atomic E-state index is 8.99. The Morgan fingerprint density at radius 3 is 2.33 bits per heavy atom. The summed E-state index contributed by atoms with van der Waals surface area (Å²) < 4.78 is 0. The van der Waals surface area contributed by atoms with Gasteiger partial charge in [0, 0.05) is 11.5 Å². The van der Waals surface area contributed by atoms with E-state index in [1.54, 1.807) is 0 Å². The van der Waals surface area contributed by atoms with E-state index in [9.17, 15) is 0 Å². The van der Waals surface area contributed by atoms with Gasteiger partial charge in [-0.3, -0.25) is 0 Å². The van der Waals surface area contributed by atoms with Gasteiger partial charge < -0.3 is 5.11 Å². The molecule has 0 saturated heterocycles. The lowest BCUT2D eigenvalue weighted by Crippen LogP contribution is -2.13. The molecule has 0 bridgehead atoms. The monoisotopic (exact) mass is 224 g/mol. The maximum atomic E-state index is 8.99. The molecule has 0 aliphatic heterocycles. The molecule has 0 unspecified atom stereocenters. The first kappa shape index (κ1) is 12.6. The third-order valence-corrected chi connectivity index (χ3v) is 3.01. The van der Waals surface area contributed by atoms with Crippen molar-refractivity contribution in [1.82, 2.24) is 0 Å². The number of hydrogen-bond acceptors (Lipinski definition) is 2. The van der Waals surface area contributed by atoms with Gasteiger partial charge in [-0.2, -0.15) is 0 Å².